The second kappa shape index (κ2) is 5.08. The monoisotopic (exact) mass is 287 g/mol. The summed E-state index contributed by atoms with van der Waals surface area (Å²) in [6.45, 7) is 1.47. The van der Waals surface area contributed by atoms with E-state index >= 15 is 0 Å². The van der Waals surface area contributed by atoms with Gasteiger partial charge in [0.25, 0.3) is 0 Å². The molecule has 16 heavy (non-hydrogen) atoms. The molecule has 0 heterocycles. The highest BCUT2D eigenvalue weighted by atomic mass is 79.9. The third-order valence-electron chi connectivity index (χ3n) is 1.99. The highest BCUT2D eigenvalue weighted by Crippen LogP contribution is 2.27. The van der Waals surface area contributed by atoms with Crippen molar-refractivity contribution in [2.75, 3.05) is 7.11 Å². The average molecular weight is 288 g/mol. The second-order valence-corrected chi connectivity index (χ2v) is 3.85. The molecule has 0 N–H and O–H groups in total. The molecule has 0 aliphatic heterocycles. The maximum atomic E-state index is 13.6. The number of methoxy groups -OCH3 is 1. The van der Waals surface area contributed by atoms with Crippen LogP contribution in [0.3, 0.4) is 0 Å². The summed E-state index contributed by atoms with van der Waals surface area (Å²) in [6, 6.07) is 4.54. The zero-order valence-electron chi connectivity index (χ0n) is 8.64. The highest BCUT2D eigenvalue weighted by molar-refractivity contribution is 9.10. The topological polar surface area (TPSA) is 33.0 Å². The lowest BCUT2D eigenvalue weighted by Gasteiger charge is -2.09. The minimum Gasteiger partial charge on any atom is -0.495 e. The van der Waals surface area contributed by atoms with Crippen molar-refractivity contribution in [2.24, 2.45) is 0 Å². The molecule has 0 amide bonds. The number of benzene rings is 1. The van der Waals surface area contributed by atoms with Crippen LogP contribution in [0.15, 0.2) is 22.2 Å². The number of rotatable bonds is 2. The summed E-state index contributed by atoms with van der Waals surface area (Å²) in [5.74, 6) is -2.01. The molecule has 0 aliphatic carbocycles. The van der Waals surface area contributed by atoms with E-state index in [2.05, 4.69) is 15.9 Å². The van der Waals surface area contributed by atoms with Crippen molar-refractivity contribution in [2.45, 2.75) is 6.92 Å². The van der Waals surface area contributed by atoms with Crippen molar-refractivity contribution in [3.05, 3.63) is 39.4 Å². The number of allylic oxidation sites excluding steroid dienone is 1. The van der Waals surface area contributed by atoms with E-state index in [0.29, 0.717) is 0 Å². The molecule has 0 unspecified atom stereocenters. The van der Waals surface area contributed by atoms with Crippen molar-refractivity contribution >= 4 is 21.7 Å². The van der Waals surface area contributed by atoms with Gasteiger partial charge in [-0.2, -0.15) is 5.26 Å². The lowest BCUT2D eigenvalue weighted by Crippen LogP contribution is -1.98. The Labute approximate surface area is 100 Å². The van der Waals surface area contributed by atoms with E-state index in [1.807, 2.05) is 6.07 Å². The summed E-state index contributed by atoms with van der Waals surface area (Å²) >= 11 is 2.87. The molecule has 0 saturated carbocycles. The summed E-state index contributed by atoms with van der Waals surface area (Å²) in [7, 11) is 1.30. The lowest BCUT2D eigenvalue weighted by atomic mass is 10.1. The molecule has 1 rings (SSSR count). The van der Waals surface area contributed by atoms with Crippen molar-refractivity contribution in [3.63, 3.8) is 0 Å². The van der Waals surface area contributed by atoms with Crippen molar-refractivity contribution in [1.29, 1.82) is 5.26 Å². The zero-order valence-corrected chi connectivity index (χ0v) is 10.2. The fourth-order valence-corrected chi connectivity index (χ4v) is 1.52. The number of halogens is 3. The first-order chi connectivity index (χ1) is 7.52. The van der Waals surface area contributed by atoms with E-state index < -0.39 is 11.6 Å². The molecule has 0 spiro atoms. The summed E-state index contributed by atoms with van der Waals surface area (Å²) < 4.78 is 31.8. The first-order valence-corrected chi connectivity index (χ1v) is 5.11. The Morgan fingerprint density at radius 3 is 2.50 bits per heavy atom. The predicted molar refractivity (Wildman–Crippen MR) is 59.3 cm³/mol. The van der Waals surface area contributed by atoms with Gasteiger partial charge in [-0.25, -0.2) is 8.78 Å². The number of hydrogen-bond donors (Lipinski definition) is 0. The van der Waals surface area contributed by atoms with Gasteiger partial charge >= 0.3 is 0 Å². The van der Waals surface area contributed by atoms with Crippen molar-refractivity contribution in [1.82, 2.24) is 0 Å². The Balaban J connectivity index is 3.46. The molecule has 84 valence electrons. The fourth-order valence-electron chi connectivity index (χ4n) is 1.22. The molecule has 1 aromatic rings. The minimum absolute atomic E-state index is 0.0267. The minimum atomic E-state index is -1.04. The van der Waals surface area contributed by atoms with Crippen molar-refractivity contribution in [3.8, 4) is 6.07 Å². The van der Waals surface area contributed by atoms with Crippen LogP contribution in [0.2, 0.25) is 0 Å². The Hall–Kier alpha value is -1.41. The van der Waals surface area contributed by atoms with E-state index in [9.17, 15) is 8.78 Å². The van der Waals surface area contributed by atoms with Gasteiger partial charge in [0.2, 0.25) is 0 Å². The molecule has 0 saturated heterocycles. The van der Waals surface area contributed by atoms with Crippen LogP contribution in [0.25, 0.3) is 5.76 Å². The molecule has 0 bridgehead atoms. The number of nitrogens with zero attached hydrogens (tertiary/aromatic N) is 1. The van der Waals surface area contributed by atoms with Gasteiger partial charge in [0.1, 0.15) is 5.76 Å². The molecular weight excluding hydrogens is 280 g/mol. The Morgan fingerprint density at radius 1 is 1.38 bits per heavy atom. The molecule has 0 radical (unpaired) electrons. The van der Waals surface area contributed by atoms with Gasteiger partial charge < -0.3 is 4.74 Å². The number of ether oxygens (including phenoxy) is 1. The van der Waals surface area contributed by atoms with Crippen LogP contribution < -0.4 is 0 Å². The molecule has 0 atom stereocenters. The van der Waals surface area contributed by atoms with Crippen LogP contribution in [-0.2, 0) is 4.74 Å². The first kappa shape index (κ1) is 12.7. The molecule has 0 fully saturated rings. The van der Waals surface area contributed by atoms with Gasteiger partial charge in [0.05, 0.1) is 28.8 Å². The summed E-state index contributed by atoms with van der Waals surface area (Å²) in [5.41, 5.74) is 0.116. The Kier molecular flexibility index (Phi) is 4.02. The van der Waals surface area contributed by atoms with Crippen LogP contribution >= 0.6 is 15.9 Å². The third-order valence-corrected chi connectivity index (χ3v) is 2.60. The van der Waals surface area contributed by atoms with Crippen LogP contribution in [-0.4, -0.2) is 7.11 Å². The van der Waals surface area contributed by atoms with Crippen LogP contribution in [0.1, 0.15) is 12.5 Å². The molecule has 1 aromatic carbocycles. The molecule has 0 aromatic heterocycles. The van der Waals surface area contributed by atoms with E-state index in [-0.39, 0.29) is 21.4 Å². The van der Waals surface area contributed by atoms with E-state index in [0.717, 1.165) is 0 Å². The maximum Gasteiger partial charge on any atom is 0.173 e. The quantitative estimate of drug-likeness (QED) is 0.473. The first-order valence-electron chi connectivity index (χ1n) is 4.31. The third kappa shape index (κ3) is 2.22. The van der Waals surface area contributed by atoms with Gasteiger partial charge in [-0.3, -0.25) is 0 Å². The van der Waals surface area contributed by atoms with Gasteiger partial charge in [-0.05, 0) is 35.0 Å². The average Bonchev–Trinajstić information content (AvgIpc) is 2.29. The predicted octanol–water partition coefficient (Wildman–Crippen LogP) is 3.63. The molecule has 0 aliphatic rings. The lowest BCUT2D eigenvalue weighted by molar-refractivity contribution is 0.363. The molecule has 5 heteroatoms. The molecule has 2 nitrogen and oxygen atoms in total. The van der Waals surface area contributed by atoms with Crippen molar-refractivity contribution < 1.29 is 13.5 Å². The second-order valence-electron chi connectivity index (χ2n) is 2.99. The van der Waals surface area contributed by atoms with E-state index in [1.165, 1.54) is 26.2 Å². The number of hydrogen-bond acceptors (Lipinski definition) is 2. The normalized spacial score (nSPS) is 11.8. The van der Waals surface area contributed by atoms with E-state index in [4.69, 9.17) is 10.00 Å². The molecular formula is C11H8BrF2NO. The van der Waals surface area contributed by atoms with Gasteiger partial charge in [-0.15, -0.1) is 0 Å². The Morgan fingerprint density at radius 2 is 2.00 bits per heavy atom. The number of nitriles is 1. The highest BCUT2D eigenvalue weighted by Gasteiger charge is 2.17. The summed E-state index contributed by atoms with van der Waals surface area (Å²) in [5, 5.41) is 8.70. The largest absolute Gasteiger partial charge is 0.495 e. The van der Waals surface area contributed by atoms with Crippen LogP contribution in [0, 0.1) is 23.0 Å². The van der Waals surface area contributed by atoms with Gasteiger partial charge in [0, 0.05) is 0 Å². The maximum absolute atomic E-state index is 13.6. The zero-order chi connectivity index (χ0) is 12.3. The van der Waals surface area contributed by atoms with Gasteiger partial charge in [0.15, 0.2) is 11.6 Å². The summed E-state index contributed by atoms with van der Waals surface area (Å²) in [4.78, 5) is 0. The smallest absolute Gasteiger partial charge is 0.173 e. The van der Waals surface area contributed by atoms with Crippen LogP contribution in [0.5, 0.6) is 0 Å². The summed E-state index contributed by atoms with van der Waals surface area (Å²) in [6.07, 6.45) is 0. The van der Waals surface area contributed by atoms with E-state index in [1.54, 1.807) is 0 Å². The SMILES string of the molecule is COC(=C(C)C#N)c1ccc(Br)c(F)c1F. The standard InChI is InChI=1S/C11H8BrF2NO/c1-6(5-15)11(16-2)7-3-4-8(12)10(14)9(7)13/h3-4H,1-2H3. The fraction of sp³-hybridized carbons (Fsp3) is 0.182. The van der Waals surface area contributed by atoms with Crippen LogP contribution in [0.4, 0.5) is 8.78 Å². The van der Waals surface area contributed by atoms with Gasteiger partial charge in [-0.1, -0.05) is 0 Å². The Bertz CT molecular complexity index is 491.